The van der Waals surface area contributed by atoms with Crippen molar-refractivity contribution < 1.29 is 21.6 Å². The summed E-state index contributed by atoms with van der Waals surface area (Å²) in [5.74, 6) is 0. The van der Waals surface area contributed by atoms with Gasteiger partial charge in [0.15, 0.2) is 0 Å². The van der Waals surface area contributed by atoms with Crippen LogP contribution in [0.25, 0.3) is 10.9 Å². The van der Waals surface area contributed by atoms with Crippen LogP contribution in [0.3, 0.4) is 0 Å². The number of pyridine rings is 1. The molecule has 1 atom stereocenters. The van der Waals surface area contributed by atoms with Crippen LogP contribution in [0.5, 0.6) is 0 Å². The van der Waals surface area contributed by atoms with Crippen molar-refractivity contribution >= 4 is 20.9 Å². The largest absolute Gasteiger partial charge is 0.417 e. The summed E-state index contributed by atoms with van der Waals surface area (Å²) in [5.41, 5.74) is -0.0433. The number of aryl methyl sites for hydroxylation is 2. The van der Waals surface area contributed by atoms with Gasteiger partial charge in [-0.05, 0) is 42.2 Å². The zero-order valence-electron chi connectivity index (χ0n) is 15.3. The highest BCUT2D eigenvalue weighted by Gasteiger charge is 2.34. The lowest BCUT2D eigenvalue weighted by molar-refractivity contribution is -0.136. The monoisotopic (exact) mass is 422 g/mol. The van der Waals surface area contributed by atoms with E-state index in [1.165, 1.54) is 19.2 Å². The Morgan fingerprint density at radius 1 is 1.10 bits per heavy atom. The zero-order valence-corrected chi connectivity index (χ0v) is 16.1. The maximum atomic E-state index is 13.4. The van der Waals surface area contributed by atoms with Crippen molar-refractivity contribution in [2.24, 2.45) is 7.05 Å². The summed E-state index contributed by atoms with van der Waals surface area (Å²) in [6.45, 7) is 0. The van der Waals surface area contributed by atoms with Gasteiger partial charge in [-0.1, -0.05) is 24.3 Å². The van der Waals surface area contributed by atoms with Crippen LogP contribution in [0.4, 0.5) is 13.2 Å². The minimum absolute atomic E-state index is 0.00925. The van der Waals surface area contributed by atoms with E-state index < -0.39 is 33.4 Å². The molecule has 0 fully saturated rings. The average Bonchev–Trinajstić information content (AvgIpc) is 3.06. The number of aromatic nitrogens is 1. The summed E-state index contributed by atoms with van der Waals surface area (Å²) in [6, 6.07) is 10.9. The third-order valence-corrected chi connectivity index (χ3v) is 6.73. The number of rotatable bonds is 3. The number of nitrogens with one attached hydrogen (secondary N) is 1. The molecule has 0 saturated heterocycles. The minimum atomic E-state index is -4.79. The van der Waals surface area contributed by atoms with Crippen LogP contribution < -0.4 is 10.3 Å². The summed E-state index contributed by atoms with van der Waals surface area (Å²) >= 11 is 0. The SMILES string of the molecule is Cn1c(=O)cc(C(F)(F)F)c2cc(S(=O)(=O)NC3CCc4ccccc43)ccc21. The third-order valence-electron chi connectivity index (χ3n) is 5.26. The summed E-state index contributed by atoms with van der Waals surface area (Å²) in [6.07, 6.45) is -3.48. The van der Waals surface area contributed by atoms with Gasteiger partial charge in [-0.2, -0.15) is 13.2 Å². The van der Waals surface area contributed by atoms with Gasteiger partial charge in [-0.25, -0.2) is 13.1 Å². The Morgan fingerprint density at radius 3 is 2.55 bits per heavy atom. The molecule has 0 aliphatic heterocycles. The fourth-order valence-electron chi connectivity index (χ4n) is 3.78. The Kier molecular flexibility index (Phi) is 4.54. The first-order chi connectivity index (χ1) is 13.6. The Bertz CT molecular complexity index is 1280. The molecule has 152 valence electrons. The number of hydrogen-bond donors (Lipinski definition) is 1. The topological polar surface area (TPSA) is 68.2 Å². The molecule has 1 aliphatic carbocycles. The molecular formula is C20H17F3N2O3S. The van der Waals surface area contributed by atoms with Crippen LogP contribution in [0, 0.1) is 0 Å². The quantitative estimate of drug-likeness (QED) is 0.702. The zero-order chi connectivity index (χ0) is 21.0. The molecule has 4 rings (SSSR count). The van der Waals surface area contributed by atoms with E-state index >= 15 is 0 Å². The first-order valence-corrected chi connectivity index (χ1v) is 10.4. The second-order valence-electron chi connectivity index (χ2n) is 7.04. The molecule has 0 spiro atoms. The van der Waals surface area contributed by atoms with Crippen molar-refractivity contribution in [3.8, 4) is 0 Å². The molecular weight excluding hydrogens is 405 g/mol. The molecule has 29 heavy (non-hydrogen) atoms. The number of alkyl halides is 3. The molecule has 2 aromatic carbocycles. The van der Waals surface area contributed by atoms with Crippen LogP contribution in [0.15, 0.2) is 58.2 Å². The number of fused-ring (bicyclic) bond motifs is 2. The summed E-state index contributed by atoms with van der Waals surface area (Å²) in [7, 11) is -2.73. The highest BCUT2D eigenvalue weighted by Crippen LogP contribution is 2.35. The molecule has 1 unspecified atom stereocenters. The van der Waals surface area contributed by atoms with E-state index in [2.05, 4.69) is 4.72 Å². The Labute approximate surface area is 164 Å². The van der Waals surface area contributed by atoms with Gasteiger partial charge in [-0.15, -0.1) is 0 Å². The highest BCUT2D eigenvalue weighted by molar-refractivity contribution is 7.89. The highest BCUT2D eigenvalue weighted by atomic mass is 32.2. The van der Waals surface area contributed by atoms with Crippen molar-refractivity contribution in [3.63, 3.8) is 0 Å². The smallest absolute Gasteiger partial charge is 0.311 e. The molecule has 1 heterocycles. The number of nitrogens with zero attached hydrogens (tertiary/aromatic N) is 1. The average molecular weight is 422 g/mol. The summed E-state index contributed by atoms with van der Waals surface area (Å²) < 4.78 is 69.8. The number of benzene rings is 2. The molecule has 5 nitrogen and oxygen atoms in total. The van der Waals surface area contributed by atoms with E-state index in [0.29, 0.717) is 12.5 Å². The van der Waals surface area contributed by atoms with Crippen molar-refractivity contribution in [2.75, 3.05) is 0 Å². The Balaban J connectivity index is 1.80. The lowest BCUT2D eigenvalue weighted by Crippen LogP contribution is -2.27. The van der Waals surface area contributed by atoms with Crippen LogP contribution in [-0.2, 0) is 29.7 Å². The molecule has 0 radical (unpaired) electrons. The van der Waals surface area contributed by atoms with E-state index in [4.69, 9.17) is 0 Å². The van der Waals surface area contributed by atoms with Crippen molar-refractivity contribution in [1.29, 1.82) is 0 Å². The predicted octanol–water partition coefficient (Wildman–Crippen LogP) is 3.52. The van der Waals surface area contributed by atoms with E-state index in [-0.39, 0.29) is 15.8 Å². The molecule has 1 N–H and O–H groups in total. The van der Waals surface area contributed by atoms with Crippen molar-refractivity contribution in [2.45, 2.75) is 30.0 Å². The van der Waals surface area contributed by atoms with Gasteiger partial charge < -0.3 is 4.57 Å². The molecule has 3 aromatic rings. The van der Waals surface area contributed by atoms with Crippen LogP contribution in [0.2, 0.25) is 0 Å². The van der Waals surface area contributed by atoms with Crippen molar-refractivity contribution in [3.05, 3.63) is 75.6 Å². The van der Waals surface area contributed by atoms with E-state index in [9.17, 15) is 26.4 Å². The lowest BCUT2D eigenvalue weighted by Gasteiger charge is -2.17. The van der Waals surface area contributed by atoms with E-state index in [0.717, 1.165) is 28.2 Å². The second kappa shape index (κ2) is 6.70. The van der Waals surface area contributed by atoms with Gasteiger partial charge in [0.1, 0.15) is 0 Å². The molecule has 1 aliphatic rings. The van der Waals surface area contributed by atoms with Crippen LogP contribution >= 0.6 is 0 Å². The molecule has 0 amide bonds. The number of hydrogen-bond acceptors (Lipinski definition) is 3. The van der Waals surface area contributed by atoms with Gasteiger partial charge in [0.25, 0.3) is 5.56 Å². The Morgan fingerprint density at radius 2 is 1.83 bits per heavy atom. The molecule has 1 aromatic heterocycles. The standard InChI is InChI=1S/C20H17F3N2O3S/c1-25-18-9-7-13(10-15(18)16(11-19(25)26)20(21,22)23)29(27,28)24-17-8-6-12-4-2-3-5-14(12)17/h2-5,7,9-11,17,24H,6,8H2,1H3. The normalized spacial score (nSPS) is 16.9. The maximum Gasteiger partial charge on any atom is 0.417 e. The van der Waals surface area contributed by atoms with Crippen LogP contribution in [-0.4, -0.2) is 13.0 Å². The van der Waals surface area contributed by atoms with Crippen LogP contribution in [0.1, 0.15) is 29.2 Å². The third kappa shape index (κ3) is 3.44. The van der Waals surface area contributed by atoms with E-state index in [1.807, 2.05) is 24.3 Å². The molecule has 0 bridgehead atoms. The summed E-state index contributed by atoms with van der Waals surface area (Å²) in [4.78, 5) is 11.6. The lowest BCUT2D eigenvalue weighted by atomic mass is 10.1. The second-order valence-corrected chi connectivity index (χ2v) is 8.76. The first kappa shape index (κ1) is 19.7. The fraction of sp³-hybridized carbons (Fsp3) is 0.250. The van der Waals surface area contributed by atoms with Gasteiger partial charge >= 0.3 is 6.18 Å². The van der Waals surface area contributed by atoms with Gasteiger partial charge in [0.2, 0.25) is 10.0 Å². The molecule has 0 saturated carbocycles. The Hall–Kier alpha value is -2.65. The summed E-state index contributed by atoms with van der Waals surface area (Å²) in [5, 5.41) is -0.339. The van der Waals surface area contributed by atoms with Gasteiger partial charge in [0.05, 0.1) is 16.0 Å². The minimum Gasteiger partial charge on any atom is -0.311 e. The fourth-order valence-corrected chi connectivity index (χ4v) is 5.05. The van der Waals surface area contributed by atoms with E-state index in [1.54, 1.807) is 0 Å². The first-order valence-electron chi connectivity index (χ1n) is 8.89. The number of sulfonamides is 1. The number of halogens is 3. The van der Waals surface area contributed by atoms with Gasteiger partial charge in [0, 0.05) is 24.5 Å². The predicted molar refractivity (Wildman–Crippen MR) is 102 cm³/mol. The van der Waals surface area contributed by atoms with Crippen molar-refractivity contribution in [1.82, 2.24) is 9.29 Å². The van der Waals surface area contributed by atoms with Gasteiger partial charge in [-0.3, -0.25) is 4.79 Å². The molecule has 9 heteroatoms. The maximum absolute atomic E-state index is 13.4.